The molecule has 0 aromatic rings. The van der Waals surface area contributed by atoms with Gasteiger partial charge < -0.3 is 13.9 Å². The maximum Gasteiger partial charge on any atom is 0.310 e. The maximum absolute atomic E-state index is 12.2. The molecular formula is C19H35NO4Si. The van der Waals surface area contributed by atoms with Crippen molar-refractivity contribution in [2.45, 2.75) is 95.3 Å². The van der Waals surface area contributed by atoms with Crippen LogP contribution in [-0.2, 0) is 18.7 Å². The smallest absolute Gasteiger partial charge is 0.310 e. The highest BCUT2D eigenvalue weighted by Gasteiger charge is 2.65. The van der Waals surface area contributed by atoms with Crippen molar-refractivity contribution in [1.29, 1.82) is 0 Å². The Kier molecular flexibility index (Phi) is 4.89. The van der Waals surface area contributed by atoms with Crippen LogP contribution in [0.5, 0.6) is 0 Å². The summed E-state index contributed by atoms with van der Waals surface area (Å²) >= 11 is 0. The van der Waals surface area contributed by atoms with Crippen molar-refractivity contribution in [3.05, 3.63) is 0 Å². The number of morpholine rings is 1. The Bertz CT molecular complexity index is 532. The molecule has 3 aliphatic rings. The third kappa shape index (κ3) is 3.20. The molecule has 3 fully saturated rings. The van der Waals surface area contributed by atoms with E-state index in [9.17, 15) is 4.79 Å². The number of rotatable bonds is 5. The number of hydrogen-bond acceptors (Lipinski definition) is 5. The summed E-state index contributed by atoms with van der Waals surface area (Å²) in [4.78, 5) is 14.7. The summed E-state index contributed by atoms with van der Waals surface area (Å²) in [5.41, 5.74) is -0.319. The lowest BCUT2D eigenvalue weighted by Crippen LogP contribution is -2.67. The zero-order valence-corrected chi connectivity index (χ0v) is 17.8. The second kappa shape index (κ2) is 6.32. The quantitative estimate of drug-likeness (QED) is 0.420. The minimum atomic E-state index is -1.73. The van der Waals surface area contributed by atoms with E-state index in [0.717, 1.165) is 32.4 Å². The largest absolute Gasteiger partial charge is 0.431 e. The van der Waals surface area contributed by atoms with E-state index in [-0.39, 0.29) is 16.5 Å². The van der Waals surface area contributed by atoms with E-state index in [1.165, 1.54) is 6.42 Å². The third-order valence-electron chi connectivity index (χ3n) is 7.07. The lowest BCUT2D eigenvalue weighted by atomic mass is 9.80. The van der Waals surface area contributed by atoms with E-state index in [4.69, 9.17) is 13.9 Å². The molecule has 3 atom stereocenters. The van der Waals surface area contributed by atoms with Crippen LogP contribution in [0.4, 0.5) is 0 Å². The molecule has 0 aromatic heterocycles. The van der Waals surface area contributed by atoms with E-state index >= 15 is 0 Å². The summed E-state index contributed by atoms with van der Waals surface area (Å²) < 4.78 is 18.1. The minimum Gasteiger partial charge on any atom is -0.431 e. The number of carbonyl (C=O) groups is 1. The highest BCUT2D eigenvalue weighted by molar-refractivity contribution is 6.74. The first-order valence-electron chi connectivity index (χ1n) is 9.77. The molecule has 3 rings (SSSR count). The molecule has 6 heteroatoms. The summed E-state index contributed by atoms with van der Waals surface area (Å²) in [6, 6.07) is 0.434. The van der Waals surface area contributed by atoms with Crippen molar-refractivity contribution in [2.24, 2.45) is 0 Å². The summed E-state index contributed by atoms with van der Waals surface area (Å²) in [6.07, 6.45) is 4.61. The van der Waals surface area contributed by atoms with Gasteiger partial charge in [0.2, 0.25) is 5.79 Å². The van der Waals surface area contributed by atoms with Crippen molar-refractivity contribution in [2.75, 3.05) is 19.8 Å². The van der Waals surface area contributed by atoms with E-state index in [0.29, 0.717) is 19.1 Å². The van der Waals surface area contributed by atoms with Crippen LogP contribution in [0.1, 0.15) is 59.8 Å². The second-order valence-electron chi connectivity index (χ2n) is 9.64. The number of carbonyl (C=O) groups excluding carboxylic acids is 1. The van der Waals surface area contributed by atoms with Gasteiger partial charge in [0.1, 0.15) is 0 Å². The lowest BCUT2D eigenvalue weighted by Gasteiger charge is -2.53. The summed E-state index contributed by atoms with van der Waals surface area (Å²) in [6.45, 7) is 15.8. The zero-order chi connectivity index (χ0) is 18.5. The highest BCUT2D eigenvalue weighted by atomic mass is 28.4. The zero-order valence-electron chi connectivity index (χ0n) is 16.8. The van der Waals surface area contributed by atoms with E-state index < -0.39 is 14.1 Å². The van der Waals surface area contributed by atoms with Crippen LogP contribution >= 0.6 is 0 Å². The molecule has 3 aliphatic heterocycles. The van der Waals surface area contributed by atoms with Crippen LogP contribution in [0.25, 0.3) is 0 Å². The van der Waals surface area contributed by atoms with Crippen LogP contribution in [0, 0.1) is 0 Å². The van der Waals surface area contributed by atoms with Crippen molar-refractivity contribution >= 4 is 14.3 Å². The first-order chi connectivity index (χ1) is 11.5. The fraction of sp³-hybridized carbons (Fsp3) is 0.947. The van der Waals surface area contributed by atoms with Gasteiger partial charge >= 0.3 is 5.97 Å². The predicted octanol–water partition coefficient (Wildman–Crippen LogP) is 3.68. The summed E-state index contributed by atoms with van der Waals surface area (Å²) in [5, 5.41) is 0.222. The molecule has 5 nitrogen and oxygen atoms in total. The Labute approximate surface area is 153 Å². The van der Waals surface area contributed by atoms with Gasteiger partial charge in [0.05, 0.1) is 18.6 Å². The summed E-state index contributed by atoms with van der Waals surface area (Å²) in [7, 11) is -1.73. The van der Waals surface area contributed by atoms with E-state index in [1.54, 1.807) is 0 Å². The van der Waals surface area contributed by atoms with Gasteiger partial charge in [-0.3, -0.25) is 9.69 Å². The molecule has 0 saturated carbocycles. The third-order valence-corrected chi connectivity index (χ3v) is 11.6. The minimum absolute atomic E-state index is 0.125. The molecule has 0 spiro atoms. The van der Waals surface area contributed by atoms with E-state index in [1.807, 2.05) is 6.92 Å². The van der Waals surface area contributed by atoms with Gasteiger partial charge in [0, 0.05) is 19.6 Å². The first-order valence-corrected chi connectivity index (χ1v) is 12.7. The molecule has 0 unspecified atom stereocenters. The molecule has 0 radical (unpaired) electrons. The molecule has 0 N–H and O–H groups in total. The average molecular weight is 370 g/mol. The van der Waals surface area contributed by atoms with Gasteiger partial charge in [-0.05, 0) is 50.4 Å². The molecule has 0 aromatic carbocycles. The standard InChI is InChI=1S/C19H35NO4Si/c1-17(2,3)25(5,6)23-12-8-10-19-13-16(21)24-18(19,4)22-14-15-9-7-11-20(15)19/h15H,7-14H2,1-6H3/t15-,18-,19+/m0/s1. The van der Waals surface area contributed by atoms with Crippen LogP contribution in [0.2, 0.25) is 18.1 Å². The number of hydrogen-bond donors (Lipinski definition) is 0. The Morgan fingerprint density at radius 1 is 1.36 bits per heavy atom. The van der Waals surface area contributed by atoms with Crippen LogP contribution < -0.4 is 0 Å². The lowest BCUT2D eigenvalue weighted by molar-refractivity contribution is -0.285. The van der Waals surface area contributed by atoms with Gasteiger partial charge in [0.15, 0.2) is 8.32 Å². The van der Waals surface area contributed by atoms with Gasteiger partial charge in [-0.1, -0.05) is 20.8 Å². The Morgan fingerprint density at radius 3 is 2.76 bits per heavy atom. The fourth-order valence-electron chi connectivity index (χ4n) is 4.47. The Balaban J connectivity index is 1.69. The first kappa shape index (κ1) is 19.3. The molecule has 25 heavy (non-hydrogen) atoms. The molecule has 0 bridgehead atoms. The summed E-state index contributed by atoms with van der Waals surface area (Å²) in [5.74, 6) is -0.928. The number of nitrogens with zero attached hydrogens (tertiary/aromatic N) is 1. The topological polar surface area (TPSA) is 48.0 Å². The molecule has 0 aliphatic carbocycles. The highest BCUT2D eigenvalue weighted by Crippen LogP contribution is 2.51. The molecule has 0 amide bonds. The van der Waals surface area contributed by atoms with Gasteiger partial charge in [0.25, 0.3) is 0 Å². The predicted molar refractivity (Wildman–Crippen MR) is 99.9 cm³/mol. The van der Waals surface area contributed by atoms with Crippen molar-refractivity contribution in [1.82, 2.24) is 4.90 Å². The van der Waals surface area contributed by atoms with Crippen molar-refractivity contribution < 1.29 is 18.7 Å². The molecule has 144 valence electrons. The average Bonchev–Trinajstić information content (AvgIpc) is 3.04. The molecule has 3 saturated heterocycles. The van der Waals surface area contributed by atoms with Gasteiger partial charge in [-0.2, -0.15) is 0 Å². The maximum atomic E-state index is 12.2. The van der Waals surface area contributed by atoms with E-state index in [2.05, 4.69) is 38.8 Å². The molecular weight excluding hydrogens is 334 g/mol. The van der Waals surface area contributed by atoms with Gasteiger partial charge in [-0.15, -0.1) is 0 Å². The normalized spacial score (nSPS) is 36.2. The number of ether oxygens (including phenoxy) is 2. The SMILES string of the molecule is CC(C)(C)[Si](C)(C)OCCC[C@@]12CC(=O)O[C@]1(C)OC[C@@H]1CCCN12. The van der Waals surface area contributed by atoms with Crippen molar-refractivity contribution in [3.63, 3.8) is 0 Å². The van der Waals surface area contributed by atoms with Crippen molar-refractivity contribution in [3.8, 4) is 0 Å². The molecule has 3 heterocycles. The van der Waals surface area contributed by atoms with Crippen LogP contribution in [0.15, 0.2) is 0 Å². The number of esters is 1. The Morgan fingerprint density at radius 2 is 2.08 bits per heavy atom. The monoisotopic (exact) mass is 369 g/mol. The van der Waals surface area contributed by atoms with Gasteiger partial charge in [-0.25, -0.2) is 0 Å². The Hall–Kier alpha value is -0.433. The second-order valence-corrected chi connectivity index (χ2v) is 14.5. The van der Waals surface area contributed by atoms with Crippen LogP contribution in [0.3, 0.4) is 0 Å². The fourth-order valence-corrected chi connectivity index (χ4v) is 5.56. The van der Waals surface area contributed by atoms with Crippen LogP contribution in [-0.4, -0.2) is 56.3 Å². The number of fused-ring (bicyclic) bond motifs is 3.